The van der Waals surface area contributed by atoms with Crippen molar-refractivity contribution in [2.24, 2.45) is 0 Å². The number of thiophene rings is 1. The summed E-state index contributed by atoms with van der Waals surface area (Å²) in [6.45, 7) is 4.56. The van der Waals surface area contributed by atoms with Gasteiger partial charge in [-0.25, -0.2) is 4.98 Å². The fraction of sp³-hybridized carbons (Fsp3) is 0.200. The standard InChI is InChI=1S/C20H18N2O2S2/c1-13-9-17-18(10-14(13)2)26-20(21-17)22(12-15-5-3-7-24-15)19(23)11-16-6-4-8-25-16/h3-10H,11-12H2,1-2H3. The van der Waals surface area contributed by atoms with Crippen molar-refractivity contribution in [3.63, 3.8) is 0 Å². The number of benzene rings is 1. The van der Waals surface area contributed by atoms with Crippen LogP contribution < -0.4 is 4.90 Å². The molecule has 6 heteroatoms. The molecule has 0 fully saturated rings. The van der Waals surface area contributed by atoms with Crippen molar-refractivity contribution in [3.05, 3.63) is 69.8 Å². The molecule has 0 N–H and O–H groups in total. The van der Waals surface area contributed by atoms with E-state index in [0.29, 0.717) is 18.1 Å². The first kappa shape index (κ1) is 17.0. The molecule has 4 aromatic rings. The van der Waals surface area contributed by atoms with Gasteiger partial charge < -0.3 is 4.42 Å². The molecule has 26 heavy (non-hydrogen) atoms. The number of anilines is 1. The summed E-state index contributed by atoms with van der Waals surface area (Å²) in [5.41, 5.74) is 3.37. The van der Waals surface area contributed by atoms with Crippen molar-refractivity contribution in [1.29, 1.82) is 0 Å². The molecule has 132 valence electrons. The molecule has 0 spiro atoms. The van der Waals surface area contributed by atoms with E-state index in [4.69, 9.17) is 9.40 Å². The number of carbonyl (C=O) groups excluding carboxylic acids is 1. The Bertz CT molecular complexity index is 995. The first-order valence-electron chi connectivity index (χ1n) is 8.33. The third-order valence-electron chi connectivity index (χ3n) is 4.32. The maximum absolute atomic E-state index is 13.0. The summed E-state index contributed by atoms with van der Waals surface area (Å²) in [6.07, 6.45) is 1.99. The zero-order chi connectivity index (χ0) is 18.1. The number of nitrogens with zero attached hydrogens (tertiary/aromatic N) is 2. The average molecular weight is 383 g/mol. The Labute approximate surface area is 159 Å². The Balaban J connectivity index is 1.70. The van der Waals surface area contributed by atoms with Crippen molar-refractivity contribution in [2.75, 3.05) is 4.90 Å². The van der Waals surface area contributed by atoms with Gasteiger partial charge in [0.05, 0.1) is 29.4 Å². The van der Waals surface area contributed by atoms with Crippen LogP contribution in [0.4, 0.5) is 5.13 Å². The number of thiazole rings is 1. The van der Waals surface area contributed by atoms with E-state index in [1.165, 1.54) is 11.1 Å². The van der Waals surface area contributed by atoms with Crippen molar-refractivity contribution in [2.45, 2.75) is 26.8 Å². The van der Waals surface area contributed by atoms with E-state index in [1.54, 1.807) is 33.8 Å². The smallest absolute Gasteiger partial charge is 0.234 e. The molecule has 0 aliphatic rings. The van der Waals surface area contributed by atoms with Gasteiger partial charge in [0.2, 0.25) is 5.91 Å². The molecule has 1 aromatic carbocycles. The minimum Gasteiger partial charge on any atom is -0.467 e. The number of hydrogen-bond donors (Lipinski definition) is 0. The highest BCUT2D eigenvalue weighted by Gasteiger charge is 2.22. The van der Waals surface area contributed by atoms with E-state index in [0.717, 1.165) is 20.9 Å². The lowest BCUT2D eigenvalue weighted by molar-refractivity contribution is -0.118. The molecule has 0 bridgehead atoms. The highest BCUT2D eigenvalue weighted by atomic mass is 32.1. The van der Waals surface area contributed by atoms with Crippen LogP contribution in [0.1, 0.15) is 21.8 Å². The number of amides is 1. The van der Waals surface area contributed by atoms with E-state index >= 15 is 0 Å². The van der Waals surface area contributed by atoms with Crippen LogP contribution in [-0.4, -0.2) is 10.9 Å². The van der Waals surface area contributed by atoms with Crippen molar-refractivity contribution in [3.8, 4) is 0 Å². The Morgan fingerprint density at radius 2 is 2.04 bits per heavy atom. The van der Waals surface area contributed by atoms with Gasteiger partial charge in [0.1, 0.15) is 5.76 Å². The predicted octanol–water partition coefficient (Wildman–Crippen LogP) is 5.34. The quantitative estimate of drug-likeness (QED) is 0.468. The molecule has 3 aromatic heterocycles. The molecule has 4 nitrogen and oxygen atoms in total. The average Bonchev–Trinajstić information content (AvgIpc) is 3.34. The van der Waals surface area contributed by atoms with E-state index in [9.17, 15) is 4.79 Å². The fourth-order valence-electron chi connectivity index (χ4n) is 2.76. The highest BCUT2D eigenvalue weighted by molar-refractivity contribution is 7.22. The largest absolute Gasteiger partial charge is 0.467 e. The molecule has 0 saturated carbocycles. The number of hydrogen-bond acceptors (Lipinski definition) is 5. The lowest BCUT2D eigenvalue weighted by atomic mass is 10.1. The highest BCUT2D eigenvalue weighted by Crippen LogP contribution is 2.32. The SMILES string of the molecule is Cc1cc2nc(N(Cc3ccco3)C(=O)Cc3cccs3)sc2cc1C. The van der Waals surface area contributed by atoms with Gasteiger partial charge in [0.15, 0.2) is 5.13 Å². The van der Waals surface area contributed by atoms with Crippen molar-refractivity contribution < 1.29 is 9.21 Å². The summed E-state index contributed by atoms with van der Waals surface area (Å²) in [5, 5.41) is 2.70. The molecule has 0 radical (unpaired) electrons. The predicted molar refractivity (Wildman–Crippen MR) is 107 cm³/mol. The molecule has 0 atom stereocenters. The van der Waals surface area contributed by atoms with Gasteiger partial charge in [-0.15, -0.1) is 11.3 Å². The monoisotopic (exact) mass is 382 g/mol. The van der Waals surface area contributed by atoms with Crippen LogP contribution in [0.15, 0.2) is 52.5 Å². The summed E-state index contributed by atoms with van der Waals surface area (Å²) < 4.78 is 6.56. The van der Waals surface area contributed by atoms with Gasteiger partial charge in [0, 0.05) is 4.88 Å². The molecule has 4 rings (SSSR count). The second kappa shape index (κ2) is 7.05. The van der Waals surface area contributed by atoms with Gasteiger partial charge >= 0.3 is 0 Å². The van der Waals surface area contributed by atoms with Crippen LogP contribution in [-0.2, 0) is 17.8 Å². The lowest BCUT2D eigenvalue weighted by Crippen LogP contribution is -2.31. The van der Waals surface area contributed by atoms with Crippen molar-refractivity contribution in [1.82, 2.24) is 4.98 Å². The summed E-state index contributed by atoms with van der Waals surface area (Å²) in [5.74, 6) is 0.771. The maximum atomic E-state index is 13.0. The third-order valence-corrected chi connectivity index (χ3v) is 6.24. The zero-order valence-corrected chi connectivity index (χ0v) is 16.2. The molecule has 1 amide bonds. The molecule has 3 heterocycles. The van der Waals surface area contributed by atoms with Crippen LogP contribution in [0.5, 0.6) is 0 Å². The zero-order valence-electron chi connectivity index (χ0n) is 14.6. The third kappa shape index (κ3) is 3.43. The summed E-state index contributed by atoms with van der Waals surface area (Å²) >= 11 is 3.14. The second-order valence-corrected chi connectivity index (χ2v) is 8.26. The van der Waals surface area contributed by atoms with E-state index in [-0.39, 0.29) is 5.91 Å². The number of fused-ring (bicyclic) bond motifs is 1. The van der Waals surface area contributed by atoms with Crippen LogP contribution in [0.2, 0.25) is 0 Å². The van der Waals surface area contributed by atoms with Crippen LogP contribution in [0.3, 0.4) is 0 Å². The minimum atomic E-state index is 0.0244. The Hall–Kier alpha value is -2.44. The number of rotatable bonds is 5. The van der Waals surface area contributed by atoms with Gasteiger partial charge in [0.25, 0.3) is 0 Å². The Morgan fingerprint density at radius 3 is 2.77 bits per heavy atom. The first-order valence-corrected chi connectivity index (χ1v) is 10.0. The number of aromatic nitrogens is 1. The summed E-state index contributed by atoms with van der Waals surface area (Å²) in [6, 6.07) is 11.9. The Kier molecular flexibility index (Phi) is 4.61. The van der Waals surface area contributed by atoms with Gasteiger partial charge in [-0.2, -0.15) is 0 Å². The van der Waals surface area contributed by atoms with Crippen LogP contribution in [0, 0.1) is 13.8 Å². The minimum absolute atomic E-state index is 0.0244. The normalized spacial score (nSPS) is 11.2. The van der Waals surface area contributed by atoms with E-state index < -0.39 is 0 Å². The molecule has 0 aliphatic carbocycles. The van der Waals surface area contributed by atoms with Gasteiger partial charge in [-0.05, 0) is 60.7 Å². The molecule has 0 aliphatic heterocycles. The van der Waals surface area contributed by atoms with Gasteiger partial charge in [-0.3, -0.25) is 9.69 Å². The number of furan rings is 1. The second-order valence-electron chi connectivity index (χ2n) is 6.22. The van der Waals surface area contributed by atoms with Crippen LogP contribution in [0.25, 0.3) is 10.2 Å². The first-order chi connectivity index (χ1) is 12.6. The van der Waals surface area contributed by atoms with Crippen LogP contribution >= 0.6 is 22.7 Å². The van der Waals surface area contributed by atoms with E-state index in [2.05, 4.69) is 26.0 Å². The van der Waals surface area contributed by atoms with E-state index in [1.807, 2.05) is 29.6 Å². The summed E-state index contributed by atoms with van der Waals surface area (Å²) in [7, 11) is 0. The fourth-order valence-corrected chi connectivity index (χ4v) is 4.52. The Morgan fingerprint density at radius 1 is 1.19 bits per heavy atom. The molecular weight excluding hydrogens is 364 g/mol. The number of aryl methyl sites for hydroxylation is 2. The summed E-state index contributed by atoms with van der Waals surface area (Å²) in [4.78, 5) is 20.5. The molecular formula is C20H18N2O2S2. The topological polar surface area (TPSA) is 46.3 Å². The van der Waals surface area contributed by atoms with Crippen molar-refractivity contribution >= 4 is 43.9 Å². The maximum Gasteiger partial charge on any atom is 0.234 e. The lowest BCUT2D eigenvalue weighted by Gasteiger charge is -2.18. The number of carbonyl (C=O) groups is 1. The molecule has 0 unspecified atom stereocenters. The van der Waals surface area contributed by atoms with Gasteiger partial charge in [-0.1, -0.05) is 17.4 Å². The molecule has 0 saturated heterocycles.